The lowest BCUT2D eigenvalue weighted by Crippen LogP contribution is -2.34. The van der Waals surface area contributed by atoms with Gasteiger partial charge in [0.2, 0.25) is 0 Å². The standard InChI is InChI=1S/C4H6BrF3O/c1-2(5)3(9)4(6,7)8/h2-3,9H,1H3/t2-,3+/m0/s1. The van der Waals surface area contributed by atoms with Crippen LogP contribution in [0.5, 0.6) is 0 Å². The van der Waals surface area contributed by atoms with Crippen molar-refractivity contribution in [3.63, 3.8) is 0 Å². The van der Waals surface area contributed by atoms with Crippen LogP contribution in [0.25, 0.3) is 0 Å². The van der Waals surface area contributed by atoms with Gasteiger partial charge in [-0.05, 0) is 6.92 Å². The van der Waals surface area contributed by atoms with Crippen LogP contribution in [-0.4, -0.2) is 22.2 Å². The van der Waals surface area contributed by atoms with Gasteiger partial charge in [-0.2, -0.15) is 13.2 Å². The number of halogens is 4. The highest BCUT2D eigenvalue weighted by molar-refractivity contribution is 9.09. The Hall–Kier alpha value is 0.230. The number of hydrogen-bond donors (Lipinski definition) is 1. The van der Waals surface area contributed by atoms with Crippen molar-refractivity contribution < 1.29 is 18.3 Å². The van der Waals surface area contributed by atoms with E-state index in [-0.39, 0.29) is 0 Å². The molecule has 0 aromatic rings. The summed E-state index contributed by atoms with van der Waals surface area (Å²) < 4.78 is 34.3. The van der Waals surface area contributed by atoms with Gasteiger partial charge in [-0.1, -0.05) is 15.9 Å². The van der Waals surface area contributed by atoms with Gasteiger partial charge in [0.1, 0.15) is 0 Å². The van der Waals surface area contributed by atoms with E-state index in [0.717, 1.165) is 0 Å². The van der Waals surface area contributed by atoms with Gasteiger partial charge in [-0.15, -0.1) is 0 Å². The lowest BCUT2D eigenvalue weighted by atomic mass is 10.3. The molecule has 1 nitrogen and oxygen atoms in total. The molecule has 0 saturated heterocycles. The number of hydrogen-bond acceptors (Lipinski definition) is 1. The highest BCUT2D eigenvalue weighted by Crippen LogP contribution is 2.25. The molecule has 0 aliphatic heterocycles. The molecule has 0 aliphatic carbocycles. The molecule has 0 bridgehead atoms. The Morgan fingerprint density at radius 2 is 1.78 bits per heavy atom. The molecule has 0 fully saturated rings. The summed E-state index contributed by atoms with van der Waals surface area (Å²) in [5.41, 5.74) is 0. The maximum atomic E-state index is 11.4. The lowest BCUT2D eigenvalue weighted by molar-refractivity contribution is -0.201. The summed E-state index contributed by atoms with van der Waals surface area (Å²) in [5, 5.41) is 8.29. The first-order chi connectivity index (χ1) is 3.85. The topological polar surface area (TPSA) is 20.2 Å². The van der Waals surface area contributed by atoms with E-state index in [9.17, 15) is 13.2 Å². The summed E-state index contributed by atoms with van der Waals surface area (Å²) in [6.45, 7) is 1.23. The SMILES string of the molecule is C[C@H](Br)[C@@H](O)C(F)(F)F. The molecule has 9 heavy (non-hydrogen) atoms. The van der Waals surface area contributed by atoms with E-state index < -0.39 is 17.1 Å². The molecule has 0 unspecified atom stereocenters. The molecule has 0 rings (SSSR count). The molecule has 5 heteroatoms. The van der Waals surface area contributed by atoms with Crippen molar-refractivity contribution >= 4 is 15.9 Å². The van der Waals surface area contributed by atoms with Crippen molar-refractivity contribution in [3.8, 4) is 0 Å². The average molecular weight is 207 g/mol. The van der Waals surface area contributed by atoms with Crippen molar-refractivity contribution in [3.05, 3.63) is 0 Å². The van der Waals surface area contributed by atoms with Crippen LogP contribution < -0.4 is 0 Å². The number of aliphatic hydroxyl groups excluding tert-OH is 1. The Balaban J connectivity index is 3.88. The largest absolute Gasteiger partial charge is 0.415 e. The summed E-state index contributed by atoms with van der Waals surface area (Å²) in [6, 6.07) is 0. The maximum absolute atomic E-state index is 11.4. The van der Waals surface area contributed by atoms with Crippen molar-refractivity contribution in [1.82, 2.24) is 0 Å². The van der Waals surface area contributed by atoms with Crippen LogP contribution in [0, 0.1) is 0 Å². The predicted octanol–water partition coefficient (Wildman–Crippen LogP) is 1.69. The Kier molecular flexibility index (Phi) is 2.95. The minimum absolute atomic E-state index is 0.947. The van der Waals surface area contributed by atoms with E-state index in [2.05, 4.69) is 15.9 Å². The number of aliphatic hydroxyl groups is 1. The van der Waals surface area contributed by atoms with Crippen molar-refractivity contribution in [2.24, 2.45) is 0 Å². The van der Waals surface area contributed by atoms with Gasteiger partial charge in [0.25, 0.3) is 0 Å². The van der Waals surface area contributed by atoms with Gasteiger partial charge in [0.15, 0.2) is 6.10 Å². The van der Waals surface area contributed by atoms with E-state index in [1.165, 1.54) is 6.92 Å². The highest BCUT2D eigenvalue weighted by atomic mass is 79.9. The third kappa shape index (κ3) is 3.05. The van der Waals surface area contributed by atoms with Crippen LogP contribution in [0.15, 0.2) is 0 Å². The van der Waals surface area contributed by atoms with E-state index in [1.54, 1.807) is 0 Å². The molecular formula is C4H6BrF3O. The first-order valence-electron chi connectivity index (χ1n) is 2.24. The third-order valence-electron chi connectivity index (χ3n) is 0.770. The van der Waals surface area contributed by atoms with Crippen molar-refractivity contribution in [2.75, 3.05) is 0 Å². The van der Waals surface area contributed by atoms with Crippen LogP contribution >= 0.6 is 15.9 Å². The summed E-state index contributed by atoms with van der Waals surface area (Å²) in [7, 11) is 0. The molecule has 0 spiro atoms. The molecular weight excluding hydrogens is 201 g/mol. The van der Waals surface area contributed by atoms with Gasteiger partial charge in [0, 0.05) is 4.83 Å². The smallest absolute Gasteiger partial charge is 0.383 e. The van der Waals surface area contributed by atoms with E-state index in [0.29, 0.717) is 0 Å². The minimum atomic E-state index is -4.51. The van der Waals surface area contributed by atoms with E-state index >= 15 is 0 Å². The zero-order chi connectivity index (χ0) is 7.65. The Morgan fingerprint density at radius 1 is 1.44 bits per heavy atom. The summed E-state index contributed by atoms with van der Waals surface area (Å²) in [4.78, 5) is -0.947. The highest BCUT2D eigenvalue weighted by Gasteiger charge is 2.40. The van der Waals surface area contributed by atoms with Gasteiger partial charge < -0.3 is 5.11 Å². The molecule has 2 atom stereocenters. The normalized spacial score (nSPS) is 19.3. The van der Waals surface area contributed by atoms with Gasteiger partial charge in [-0.3, -0.25) is 0 Å². The summed E-state index contributed by atoms with van der Waals surface area (Å²) >= 11 is 2.61. The molecule has 0 aromatic carbocycles. The quantitative estimate of drug-likeness (QED) is 0.648. The molecule has 1 N–H and O–H groups in total. The lowest BCUT2D eigenvalue weighted by Gasteiger charge is -2.15. The molecule has 0 heterocycles. The molecule has 56 valence electrons. The monoisotopic (exact) mass is 206 g/mol. The van der Waals surface area contributed by atoms with Gasteiger partial charge in [0.05, 0.1) is 0 Å². The first kappa shape index (κ1) is 9.23. The minimum Gasteiger partial charge on any atom is -0.383 e. The summed E-state index contributed by atoms with van der Waals surface area (Å²) in [6.07, 6.45) is -6.78. The van der Waals surface area contributed by atoms with Gasteiger partial charge >= 0.3 is 6.18 Å². The molecule has 0 aromatic heterocycles. The molecule has 0 saturated carbocycles. The van der Waals surface area contributed by atoms with Crippen molar-refractivity contribution in [2.45, 2.75) is 24.0 Å². The fourth-order valence-corrected chi connectivity index (χ4v) is 0.560. The van der Waals surface area contributed by atoms with Gasteiger partial charge in [-0.25, -0.2) is 0 Å². The average Bonchev–Trinajstić information content (AvgIpc) is 1.62. The zero-order valence-corrected chi connectivity index (χ0v) is 6.20. The molecule has 0 amide bonds. The Morgan fingerprint density at radius 3 is 1.78 bits per heavy atom. The van der Waals surface area contributed by atoms with E-state index in [4.69, 9.17) is 5.11 Å². The fourth-order valence-electron chi connectivity index (χ4n) is 0.260. The van der Waals surface area contributed by atoms with Crippen LogP contribution in [0.4, 0.5) is 13.2 Å². The second-order valence-corrected chi connectivity index (χ2v) is 3.11. The van der Waals surface area contributed by atoms with Crippen LogP contribution in [-0.2, 0) is 0 Å². The predicted molar refractivity (Wildman–Crippen MR) is 30.5 cm³/mol. The fraction of sp³-hybridized carbons (Fsp3) is 1.00. The Bertz CT molecular complexity index is 90.3. The second kappa shape index (κ2) is 2.88. The number of alkyl halides is 4. The van der Waals surface area contributed by atoms with Crippen LogP contribution in [0.2, 0.25) is 0 Å². The summed E-state index contributed by atoms with van der Waals surface area (Å²) in [5.74, 6) is 0. The zero-order valence-electron chi connectivity index (χ0n) is 4.61. The molecule has 0 aliphatic rings. The molecule has 0 radical (unpaired) electrons. The van der Waals surface area contributed by atoms with Crippen LogP contribution in [0.3, 0.4) is 0 Å². The van der Waals surface area contributed by atoms with Crippen molar-refractivity contribution in [1.29, 1.82) is 0 Å². The number of rotatable bonds is 1. The first-order valence-corrected chi connectivity index (χ1v) is 3.16. The second-order valence-electron chi connectivity index (χ2n) is 1.66. The third-order valence-corrected chi connectivity index (χ3v) is 1.27. The van der Waals surface area contributed by atoms with E-state index in [1.807, 2.05) is 0 Å². The Labute approximate surface area is 59.0 Å². The van der Waals surface area contributed by atoms with Crippen LogP contribution in [0.1, 0.15) is 6.92 Å². The maximum Gasteiger partial charge on any atom is 0.415 e.